The van der Waals surface area contributed by atoms with E-state index in [2.05, 4.69) is 26.2 Å². The van der Waals surface area contributed by atoms with Gasteiger partial charge in [0.25, 0.3) is 0 Å². The third kappa shape index (κ3) is 9.06. The van der Waals surface area contributed by atoms with Crippen molar-refractivity contribution in [2.75, 3.05) is 6.61 Å². The van der Waals surface area contributed by atoms with E-state index < -0.39 is 0 Å². The molecule has 0 aromatic rings. The van der Waals surface area contributed by atoms with Gasteiger partial charge in [-0.2, -0.15) is 0 Å². The first-order valence-corrected chi connectivity index (χ1v) is 6.81. The van der Waals surface area contributed by atoms with Crippen LogP contribution < -0.4 is 0 Å². The fourth-order valence-electron chi connectivity index (χ4n) is 1.55. The summed E-state index contributed by atoms with van der Waals surface area (Å²) in [5.41, 5.74) is 3.10. The summed E-state index contributed by atoms with van der Waals surface area (Å²) in [6, 6.07) is 0. The number of esters is 1. The van der Waals surface area contributed by atoms with Crippen molar-refractivity contribution in [3.05, 3.63) is 48.1 Å². The van der Waals surface area contributed by atoms with Gasteiger partial charge in [0.05, 0.1) is 6.61 Å². The molecule has 0 bridgehead atoms. The molecule has 0 saturated carbocycles. The summed E-state index contributed by atoms with van der Waals surface area (Å²) in [6.45, 7) is 13.7. The van der Waals surface area contributed by atoms with E-state index in [9.17, 15) is 4.79 Å². The van der Waals surface area contributed by atoms with Crippen molar-refractivity contribution < 1.29 is 9.53 Å². The first-order chi connectivity index (χ1) is 9.01. The van der Waals surface area contributed by atoms with Crippen molar-refractivity contribution in [3.8, 4) is 0 Å². The maximum atomic E-state index is 11.4. The Labute approximate surface area is 117 Å². The van der Waals surface area contributed by atoms with E-state index in [4.69, 9.17) is 4.74 Å². The number of hydrogen-bond acceptors (Lipinski definition) is 2. The fourth-order valence-corrected chi connectivity index (χ4v) is 1.55. The Morgan fingerprint density at radius 3 is 2.37 bits per heavy atom. The molecule has 0 heterocycles. The highest BCUT2D eigenvalue weighted by Gasteiger charge is 2.02. The lowest BCUT2D eigenvalue weighted by Crippen LogP contribution is -2.04. The molecule has 19 heavy (non-hydrogen) atoms. The second-order valence-electron chi connectivity index (χ2n) is 4.60. The summed E-state index contributed by atoms with van der Waals surface area (Å²) in [4.78, 5) is 11.4. The van der Waals surface area contributed by atoms with Crippen molar-refractivity contribution in [2.45, 2.75) is 46.5 Å². The van der Waals surface area contributed by atoms with E-state index >= 15 is 0 Å². The molecule has 0 aliphatic carbocycles. The lowest BCUT2D eigenvalue weighted by molar-refractivity contribution is -0.138. The van der Waals surface area contributed by atoms with Crippen LogP contribution in [-0.4, -0.2) is 12.6 Å². The minimum absolute atomic E-state index is 0.216. The predicted molar refractivity (Wildman–Crippen MR) is 82.0 cm³/mol. The molecule has 0 N–H and O–H groups in total. The Hall–Kier alpha value is -1.57. The van der Waals surface area contributed by atoms with Crippen LogP contribution in [0.2, 0.25) is 0 Å². The van der Waals surface area contributed by atoms with Gasteiger partial charge in [0, 0.05) is 5.57 Å². The molecule has 2 heteroatoms. The smallest absolute Gasteiger partial charge is 0.333 e. The standard InChI is InChI=1S/C17H26O2/c1-6-14(3)10-8-11-15(4)12-9-13-16(5)17(18)19-7-2/h6,11,13H,1,3,7-10,12H2,2,4-5H3. The van der Waals surface area contributed by atoms with Crippen LogP contribution in [0, 0.1) is 0 Å². The third-order valence-electron chi connectivity index (χ3n) is 2.83. The minimum atomic E-state index is -0.216. The van der Waals surface area contributed by atoms with E-state index in [0.717, 1.165) is 31.3 Å². The number of allylic oxidation sites excluding steroid dienone is 5. The molecule has 0 unspecified atom stereocenters. The molecule has 0 aliphatic heterocycles. The summed E-state index contributed by atoms with van der Waals surface area (Å²) in [5, 5.41) is 0. The second kappa shape index (κ2) is 10.4. The molecule has 0 fully saturated rings. The molecular formula is C17H26O2. The van der Waals surface area contributed by atoms with Gasteiger partial charge < -0.3 is 4.74 Å². The minimum Gasteiger partial charge on any atom is -0.463 e. The van der Waals surface area contributed by atoms with Crippen LogP contribution in [0.5, 0.6) is 0 Å². The summed E-state index contributed by atoms with van der Waals surface area (Å²) >= 11 is 0. The normalized spacial score (nSPS) is 12.2. The van der Waals surface area contributed by atoms with E-state index in [0.29, 0.717) is 12.2 Å². The van der Waals surface area contributed by atoms with Gasteiger partial charge >= 0.3 is 5.97 Å². The molecule has 2 nitrogen and oxygen atoms in total. The number of hydrogen-bond donors (Lipinski definition) is 0. The van der Waals surface area contributed by atoms with Crippen molar-refractivity contribution in [1.29, 1.82) is 0 Å². The molecule has 0 radical (unpaired) electrons. The van der Waals surface area contributed by atoms with Crippen LogP contribution in [-0.2, 0) is 9.53 Å². The first-order valence-electron chi connectivity index (χ1n) is 6.81. The summed E-state index contributed by atoms with van der Waals surface area (Å²) in [6.07, 6.45) is 9.76. The van der Waals surface area contributed by atoms with E-state index in [-0.39, 0.29) is 5.97 Å². The van der Waals surface area contributed by atoms with Gasteiger partial charge in [-0.25, -0.2) is 4.79 Å². The number of carbonyl (C=O) groups is 1. The Morgan fingerprint density at radius 2 is 1.79 bits per heavy atom. The zero-order valence-corrected chi connectivity index (χ0v) is 12.5. The third-order valence-corrected chi connectivity index (χ3v) is 2.83. The van der Waals surface area contributed by atoms with Gasteiger partial charge in [-0.05, 0) is 46.5 Å². The van der Waals surface area contributed by atoms with E-state index in [1.54, 1.807) is 13.0 Å². The van der Waals surface area contributed by atoms with Crippen LogP contribution in [0.1, 0.15) is 46.5 Å². The van der Waals surface area contributed by atoms with Gasteiger partial charge in [0.2, 0.25) is 0 Å². The SMILES string of the molecule is C=CC(=C)CCC=C(C)CCC=C(C)C(=O)OCC. The monoisotopic (exact) mass is 262 g/mol. The topological polar surface area (TPSA) is 26.3 Å². The lowest BCUT2D eigenvalue weighted by Gasteiger charge is -2.02. The zero-order chi connectivity index (χ0) is 14.7. The summed E-state index contributed by atoms with van der Waals surface area (Å²) in [7, 11) is 0. The molecule has 0 atom stereocenters. The van der Waals surface area contributed by atoms with Gasteiger partial charge in [-0.1, -0.05) is 42.5 Å². The highest BCUT2D eigenvalue weighted by atomic mass is 16.5. The zero-order valence-electron chi connectivity index (χ0n) is 12.5. The molecule has 0 saturated heterocycles. The highest BCUT2D eigenvalue weighted by molar-refractivity contribution is 5.87. The molecule has 106 valence electrons. The van der Waals surface area contributed by atoms with Crippen LogP contribution in [0.3, 0.4) is 0 Å². The summed E-state index contributed by atoms with van der Waals surface area (Å²) < 4.78 is 4.92. The average molecular weight is 262 g/mol. The Balaban J connectivity index is 4.01. The quantitative estimate of drug-likeness (QED) is 0.259. The van der Waals surface area contributed by atoms with Crippen LogP contribution in [0.15, 0.2) is 48.1 Å². The molecule has 0 aromatic carbocycles. The lowest BCUT2D eigenvalue weighted by atomic mass is 10.1. The van der Waals surface area contributed by atoms with Crippen LogP contribution in [0.25, 0.3) is 0 Å². The van der Waals surface area contributed by atoms with Crippen molar-refractivity contribution in [3.63, 3.8) is 0 Å². The van der Waals surface area contributed by atoms with Gasteiger partial charge in [0.15, 0.2) is 0 Å². The number of ether oxygens (including phenoxy) is 1. The predicted octanol–water partition coefficient (Wildman–Crippen LogP) is 4.74. The molecule has 0 aliphatic rings. The molecule has 0 rings (SSSR count). The maximum absolute atomic E-state index is 11.4. The fraction of sp³-hybridized carbons (Fsp3) is 0.471. The van der Waals surface area contributed by atoms with Crippen molar-refractivity contribution >= 4 is 5.97 Å². The maximum Gasteiger partial charge on any atom is 0.333 e. The summed E-state index contributed by atoms with van der Waals surface area (Å²) in [5.74, 6) is -0.216. The van der Waals surface area contributed by atoms with Crippen molar-refractivity contribution in [1.82, 2.24) is 0 Å². The molecule has 0 aromatic heterocycles. The first kappa shape index (κ1) is 17.4. The molecule has 0 spiro atoms. The number of carbonyl (C=O) groups excluding carboxylic acids is 1. The Morgan fingerprint density at radius 1 is 1.16 bits per heavy atom. The highest BCUT2D eigenvalue weighted by Crippen LogP contribution is 2.11. The van der Waals surface area contributed by atoms with Crippen LogP contribution >= 0.6 is 0 Å². The van der Waals surface area contributed by atoms with Crippen molar-refractivity contribution in [2.24, 2.45) is 0 Å². The Kier molecular flexibility index (Phi) is 9.51. The van der Waals surface area contributed by atoms with E-state index in [1.165, 1.54) is 5.57 Å². The van der Waals surface area contributed by atoms with E-state index in [1.807, 2.05) is 13.0 Å². The number of rotatable bonds is 9. The molecular weight excluding hydrogens is 236 g/mol. The second-order valence-corrected chi connectivity index (χ2v) is 4.60. The average Bonchev–Trinajstić information content (AvgIpc) is 2.38. The van der Waals surface area contributed by atoms with Gasteiger partial charge in [-0.15, -0.1) is 0 Å². The largest absolute Gasteiger partial charge is 0.463 e. The van der Waals surface area contributed by atoms with Crippen LogP contribution in [0.4, 0.5) is 0 Å². The van der Waals surface area contributed by atoms with Gasteiger partial charge in [0.1, 0.15) is 0 Å². The van der Waals surface area contributed by atoms with Gasteiger partial charge in [-0.3, -0.25) is 0 Å². The Bertz CT molecular complexity index is 373. The molecule has 0 amide bonds.